The minimum absolute atomic E-state index is 0.506. The first-order valence-electron chi connectivity index (χ1n) is 5.12. The van der Waals surface area contributed by atoms with Gasteiger partial charge < -0.3 is 15.7 Å². The number of nitrogens with two attached hydrogens (primary N) is 1. The molecule has 3 N–H and O–H groups in total. The maximum atomic E-state index is 10.7. The zero-order chi connectivity index (χ0) is 10.8. The normalized spacial score (nSPS) is 20.9. The number of carbonyl (C=O) groups is 1. The molecule has 0 spiro atoms. The third-order valence-corrected chi connectivity index (χ3v) is 2.77. The Balaban J connectivity index is 2.20. The molecule has 1 atom stereocenters. The van der Waals surface area contributed by atoms with Crippen LogP contribution >= 0.6 is 0 Å². The molecule has 0 heterocycles. The van der Waals surface area contributed by atoms with Crippen molar-refractivity contribution in [2.45, 2.75) is 31.7 Å². The number of aliphatic carboxylic acids is 1. The van der Waals surface area contributed by atoms with Gasteiger partial charge in [0.1, 0.15) is 5.54 Å². The Morgan fingerprint density at radius 1 is 1.64 bits per heavy atom. The summed E-state index contributed by atoms with van der Waals surface area (Å²) in [6, 6.07) is 0. The van der Waals surface area contributed by atoms with Gasteiger partial charge in [0, 0.05) is 13.1 Å². The predicted octanol–water partition coefficient (Wildman–Crippen LogP) is 0.520. The van der Waals surface area contributed by atoms with Crippen LogP contribution in [0.3, 0.4) is 0 Å². The van der Waals surface area contributed by atoms with E-state index in [4.69, 9.17) is 10.8 Å². The standard InChI is InChI=1S/C10H20N2O2/c1-10(11,9(13)14)5-6-12(2)7-8-3-4-8/h8H,3-7,11H2,1-2H3,(H,13,14). The highest BCUT2D eigenvalue weighted by Gasteiger charge is 2.29. The second-order valence-electron chi connectivity index (χ2n) is 4.68. The fourth-order valence-electron chi connectivity index (χ4n) is 1.36. The molecule has 4 nitrogen and oxygen atoms in total. The summed E-state index contributed by atoms with van der Waals surface area (Å²) < 4.78 is 0. The molecular weight excluding hydrogens is 180 g/mol. The van der Waals surface area contributed by atoms with Crippen molar-refractivity contribution in [1.82, 2.24) is 4.90 Å². The summed E-state index contributed by atoms with van der Waals surface area (Å²) in [5.41, 5.74) is 4.54. The van der Waals surface area contributed by atoms with Crippen LogP contribution in [-0.4, -0.2) is 41.7 Å². The quantitative estimate of drug-likeness (QED) is 0.656. The van der Waals surface area contributed by atoms with Gasteiger partial charge in [-0.3, -0.25) is 4.79 Å². The average Bonchev–Trinajstić information content (AvgIpc) is 2.85. The minimum Gasteiger partial charge on any atom is -0.480 e. The molecule has 1 unspecified atom stereocenters. The van der Waals surface area contributed by atoms with E-state index in [0.29, 0.717) is 6.42 Å². The van der Waals surface area contributed by atoms with E-state index in [9.17, 15) is 4.79 Å². The zero-order valence-corrected chi connectivity index (χ0v) is 8.99. The van der Waals surface area contributed by atoms with E-state index >= 15 is 0 Å². The van der Waals surface area contributed by atoms with Crippen LogP contribution in [0.4, 0.5) is 0 Å². The van der Waals surface area contributed by atoms with E-state index in [1.165, 1.54) is 12.8 Å². The van der Waals surface area contributed by atoms with Gasteiger partial charge in [0.15, 0.2) is 0 Å². The Morgan fingerprint density at radius 3 is 2.64 bits per heavy atom. The van der Waals surface area contributed by atoms with Gasteiger partial charge in [0.25, 0.3) is 0 Å². The highest BCUT2D eigenvalue weighted by molar-refractivity contribution is 5.77. The molecule has 1 aliphatic rings. The highest BCUT2D eigenvalue weighted by Crippen LogP contribution is 2.29. The highest BCUT2D eigenvalue weighted by atomic mass is 16.4. The zero-order valence-electron chi connectivity index (χ0n) is 8.99. The Bertz CT molecular complexity index is 212. The molecule has 14 heavy (non-hydrogen) atoms. The number of carboxylic acid groups (broad SMARTS) is 1. The van der Waals surface area contributed by atoms with Gasteiger partial charge in [-0.05, 0) is 39.2 Å². The van der Waals surface area contributed by atoms with Crippen molar-refractivity contribution < 1.29 is 9.90 Å². The molecule has 0 aromatic rings. The molecule has 0 saturated heterocycles. The number of hydrogen-bond donors (Lipinski definition) is 2. The van der Waals surface area contributed by atoms with E-state index in [1.54, 1.807) is 6.92 Å². The van der Waals surface area contributed by atoms with Crippen molar-refractivity contribution in [2.75, 3.05) is 20.1 Å². The van der Waals surface area contributed by atoms with E-state index < -0.39 is 11.5 Å². The van der Waals surface area contributed by atoms with Gasteiger partial charge >= 0.3 is 5.97 Å². The molecule has 0 amide bonds. The molecule has 4 heteroatoms. The van der Waals surface area contributed by atoms with Crippen LogP contribution in [0, 0.1) is 5.92 Å². The van der Waals surface area contributed by atoms with Crippen LogP contribution < -0.4 is 5.73 Å². The third kappa shape index (κ3) is 3.64. The van der Waals surface area contributed by atoms with Crippen molar-refractivity contribution in [1.29, 1.82) is 0 Å². The third-order valence-electron chi connectivity index (χ3n) is 2.77. The maximum absolute atomic E-state index is 10.7. The van der Waals surface area contributed by atoms with Crippen LogP contribution in [0.15, 0.2) is 0 Å². The number of rotatable bonds is 6. The molecule has 0 aliphatic heterocycles. The van der Waals surface area contributed by atoms with Crippen LogP contribution in [0.2, 0.25) is 0 Å². The summed E-state index contributed by atoms with van der Waals surface area (Å²) in [5.74, 6) is -0.0776. The Kier molecular flexibility index (Phi) is 3.50. The smallest absolute Gasteiger partial charge is 0.323 e. The lowest BCUT2D eigenvalue weighted by molar-refractivity contribution is -0.143. The fourth-order valence-corrected chi connectivity index (χ4v) is 1.36. The number of hydrogen-bond acceptors (Lipinski definition) is 3. The first-order chi connectivity index (χ1) is 6.42. The van der Waals surface area contributed by atoms with Crippen molar-refractivity contribution in [3.8, 4) is 0 Å². The van der Waals surface area contributed by atoms with Crippen LogP contribution in [0.5, 0.6) is 0 Å². The molecule has 0 aromatic carbocycles. The number of nitrogens with zero attached hydrogens (tertiary/aromatic N) is 1. The van der Waals surface area contributed by atoms with E-state index in [-0.39, 0.29) is 0 Å². The largest absolute Gasteiger partial charge is 0.480 e. The van der Waals surface area contributed by atoms with Crippen LogP contribution in [0.1, 0.15) is 26.2 Å². The topological polar surface area (TPSA) is 66.6 Å². The van der Waals surface area contributed by atoms with Crippen molar-refractivity contribution in [3.05, 3.63) is 0 Å². The average molecular weight is 200 g/mol. The lowest BCUT2D eigenvalue weighted by atomic mass is 9.99. The van der Waals surface area contributed by atoms with Crippen LogP contribution in [0.25, 0.3) is 0 Å². The Labute approximate surface area is 85.1 Å². The molecule has 1 fully saturated rings. The van der Waals surface area contributed by atoms with Gasteiger partial charge in [-0.25, -0.2) is 0 Å². The van der Waals surface area contributed by atoms with Gasteiger partial charge in [0.05, 0.1) is 0 Å². The lowest BCUT2D eigenvalue weighted by Crippen LogP contribution is -2.47. The molecule has 82 valence electrons. The monoisotopic (exact) mass is 200 g/mol. The van der Waals surface area contributed by atoms with Gasteiger partial charge in [-0.15, -0.1) is 0 Å². The summed E-state index contributed by atoms with van der Waals surface area (Å²) in [6.07, 6.45) is 3.15. The molecular formula is C10H20N2O2. The second-order valence-corrected chi connectivity index (χ2v) is 4.68. The van der Waals surface area contributed by atoms with E-state index in [0.717, 1.165) is 19.0 Å². The summed E-state index contributed by atoms with van der Waals surface area (Å²) in [6.45, 7) is 3.41. The summed E-state index contributed by atoms with van der Waals surface area (Å²) in [7, 11) is 2.02. The van der Waals surface area contributed by atoms with Crippen molar-refractivity contribution in [2.24, 2.45) is 11.7 Å². The summed E-state index contributed by atoms with van der Waals surface area (Å²) >= 11 is 0. The SMILES string of the molecule is CN(CCC(C)(N)C(=O)O)CC1CC1. The molecule has 1 rings (SSSR count). The summed E-state index contributed by atoms with van der Waals surface area (Å²) in [5, 5.41) is 8.80. The predicted molar refractivity (Wildman–Crippen MR) is 55.1 cm³/mol. The first kappa shape index (κ1) is 11.5. The minimum atomic E-state index is -1.09. The van der Waals surface area contributed by atoms with Gasteiger partial charge in [0.2, 0.25) is 0 Å². The van der Waals surface area contributed by atoms with Gasteiger partial charge in [-0.1, -0.05) is 0 Å². The molecule has 0 radical (unpaired) electrons. The number of carboxylic acids is 1. The van der Waals surface area contributed by atoms with Crippen LogP contribution in [-0.2, 0) is 4.79 Å². The van der Waals surface area contributed by atoms with E-state index in [1.807, 2.05) is 7.05 Å². The molecule has 1 aliphatic carbocycles. The van der Waals surface area contributed by atoms with Crippen molar-refractivity contribution in [3.63, 3.8) is 0 Å². The first-order valence-corrected chi connectivity index (χ1v) is 5.12. The van der Waals surface area contributed by atoms with Crippen molar-refractivity contribution >= 4 is 5.97 Å². The lowest BCUT2D eigenvalue weighted by Gasteiger charge is -2.23. The molecule has 0 aromatic heterocycles. The van der Waals surface area contributed by atoms with E-state index in [2.05, 4.69) is 4.90 Å². The fraction of sp³-hybridized carbons (Fsp3) is 0.900. The molecule has 1 saturated carbocycles. The Morgan fingerprint density at radius 2 is 2.21 bits per heavy atom. The maximum Gasteiger partial charge on any atom is 0.323 e. The van der Waals surface area contributed by atoms with Gasteiger partial charge in [-0.2, -0.15) is 0 Å². The summed E-state index contributed by atoms with van der Waals surface area (Å²) in [4.78, 5) is 12.9. The Hall–Kier alpha value is -0.610. The molecule has 0 bridgehead atoms. The second kappa shape index (κ2) is 4.28.